The average molecular weight is 254 g/mol. The smallest absolute Gasteiger partial charge is 0.282 e. The van der Waals surface area contributed by atoms with E-state index in [1.54, 1.807) is 0 Å². The van der Waals surface area contributed by atoms with Crippen molar-refractivity contribution in [3.8, 4) is 0 Å². The van der Waals surface area contributed by atoms with Crippen LogP contribution >= 0.6 is 0 Å². The number of hydrogen-bond acceptors (Lipinski definition) is 4. The summed E-state index contributed by atoms with van der Waals surface area (Å²) < 4.78 is 13.5. The molecule has 98 valence electrons. The molecule has 2 N–H and O–H groups in total. The number of nitrogens with one attached hydrogen (secondary N) is 1. The van der Waals surface area contributed by atoms with Crippen LogP contribution in [0.1, 0.15) is 26.0 Å². The molecular weight excluding hydrogens is 239 g/mol. The second-order valence-electron chi connectivity index (χ2n) is 4.68. The maximum atomic E-state index is 13.5. The van der Waals surface area contributed by atoms with E-state index in [-0.39, 0.29) is 6.54 Å². The quantitative estimate of drug-likeness (QED) is 0.752. The number of β-amino-alcohol motifs (C(OH)–C–C–N with tert-alkyl or cyclic N) is 1. The van der Waals surface area contributed by atoms with E-state index in [1.165, 1.54) is 24.9 Å². The lowest BCUT2D eigenvalue weighted by atomic mass is 10.00. The zero-order valence-corrected chi connectivity index (χ0v) is 10.3. The fraction of sp³-hybridized carbons (Fsp3) is 0.545. The van der Waals surface area contributed by atoms with Gasteiger partial charge in [-0.15, -0.1) is 0 Å². The molecule has 6 nitrogen and oxygen atoms in total. The van der Waals surface area contributed by atoms with E-state index < -0.39 is 17.3 Å². The van der Waals surface area contributed by atoms with E-state index in [0.717, 1.165) is 0 Å². The van der Waals surface area contributed by atoms with Gasteiger partial charge in [0.15, 0.2) is 5.83 Å². The summed E-state index contributed by atoms with van der Waals surface area (Å²) in [5.74, 6) is -1.45. The minimum Gasteiger partial charge on any atom is -0.381 e. The first-order chi connectivity index (χ1) is 8.44. The third kappa shape index (κ3) is 2.13. The predicted octanol–water partition coefficient (Wildman–Crippen LogP) is 0.488. The summed E-state index contributed by atoms with van der Waals surface area (Å²) in [5, 5.41) is 20.2. The molecule has 1 aliphatic rings. The molecule has 1 aromatic rings. The van der Waals surface area contributed by atoms with Gasteiger partial charge in [-0.3, -0.25) is 4.79 Å². The Labute approximate surface area is 103 Å². The fourth-order valence-corrected chi connectivity index (χ4v) is 1.95. The lowest BCUT2D eigenvalue weighted by Gasteiger charge is -2.20. The molecule has 1 aliphatic heterocycles. The summed E-state index contributed by atoms with van der Waals surface area (Å²) in [4.78, 5) is 13.1. The highest BCUT2D eigenvalue weighted by atomic mass is 19.1. The first-order valence-corrected chi connectivity index (χ1v) is 5.65. The Bertz CT molecular complexity index is 481. The molecule has 0 aromatic carbocycles. The standard InChI is InChI=1S/C11H15FN4O2/c1-7(2)9(12)10(17)16-4-3-11(18,6-16)8-5-13-15-14-8/h5,18H,3-4,6H2,1-2H3,(H,13,14,15). The number of aromatic nitrogens is 3. The van der Waals surface area contributed by atoms with Crippen molar-refractivity contribution >= 4 is 5.91 Å². The molecule has 0 spiro atoms. The van der Waals surface area contributed by atoms with Gasteiger partial charge in [-0.25, -0.2) is 4.39 Å². The van der Waals surface area contributed by atoms with Crippen LogP contribution in [0.25, 0.3) is 0 Å². The van der Waals surface area contributed by atoms with Gasteiger partial charge in [0.25, 0.3) is 5.91 Å². The van der Waals surface area contributed by atoms with Crippen LogP contribution in [0.3, 0.4) is 0 Å². The SMILES string of the molecule is CC(C)=C(F)C(=O)N1CCC(O)(c2cn[nH]n2)C1. The van der Waals surface area contributed by atoms with Crippen molar-refractivity contribution in [1.29, 1.82) is 0 Å². The summed E-state index contributed by atoms with van der Waals surface area (Å²) in [7, 11) is 0. The Kier molecular flexibility index (Phi) is 3.16. The lowest BCUT2D eigenvalue weighted by molar-refractivity contribution is -0.128. The zero-order valence-electron chi connectivity index (χ0n) is 10.3. The number of likely N-dealkylation sites (tertiary alicyclic amines) is 1. The number of aromatic amines is 1. The van der Waals surface area contributed by atoms with E-state index in [1.807, 2.05) is 0 Å². The Balaban J connectivity index is 2.14. The molecule has 2 heterocycles. The van der Waals surface area contributed by atoms with Crippen molar-refractivity contribution in [2.45, 2.75) is 25.9 Å². The van der Waals surface area contributed by atoms with E-state index >= 15 is 0 Å². The maximum absolute atomic E-state index is 13.5. The summed E-state index contributed by atoms with van der Waals surface area (Å²) in [6, 6.07) is 0. The molecule has 2 rings (SSSR count). The molecule has 0 radical (unpaired) electrons. The second kappa shape index (κ2) is 4.49. The van der Waals surface area contributed by atoms with Crippen molar-refractivity contribution in [2.24, 2.45) is 0 Å². The topological polar surface area (TPSA) is 82.1 Å². The summed E-state index contributed by atoms with van der Waals surface area (Å²) >= 11 is 0. The molecule has 1 saturated heterocycles. The van der Waals surface area contributed by atoms with Gasteiger partial charge in [0.05, 0.1) is 12.7 Å². The van der Waals surface area contributed by atoms with Crippen LogP contribution in [-0.4, -0.2) is 44.4 Å². The molecule has 0 aliphatic carbocycles. The van der Waals surface area contributed by atoms with Gasteiger partial charge >= 0.3 is 0 Å². The van der Waals surface area contributed by atoms with Crippen LogP contribution < -0.4 is 0 Å². The monoisotopic (exact) mass is 254 g/mol. The number of carbonyl (C=O) groups excluding carboxylic acids is 1. The third-order valence-electron chi connectivity index (χ3n) is 3.05. The van der Waals surface area contributed by atoms with Crippen molar-refractivity contribution < 1.29 is 14.3 Å². The molecule has 7 heteroatoms. The minimum absolute atomic E-state index is 0.0269. The number of halogens is 1. The van der Waals surface area contributed by atoms with Crippen molar-refractivity contribution in [2.75, 3.05) is 13.1 Å². The third-order valence-corrected chi connectivity index (χ3v) is 3.05. The van der Waals surface area contributed by atoms with Crippen LogP contribution in [0.4, 0.5) is 4.39 Å². The van der Waals surface area contributed by atoms with Crippen LogP contribution in [-0.2, 0) is 10.4 Å². The summed E-state index contributed by atoms with van der Waals surface area (Å²) in [5.41, 5.74) is -0.544. The van der Waals surface area contributed by atoms with Gasteiger partial charge in [0.2, 0.25) is 0 Å². The molecule has 1 amide bonds. The van der Waals surface area contributed by atoms with Gasteiger partial charge in [0.1, 0.15) is 11.3 Å². The number of aliphatic hydroxyl groups is 1. The predicted molar refractivity (Wildman–Crippen MR) is 61.0 cm³/mol. The molecule has 1 atom stereocenters. The molecule has 18 heavy (non-hydrogen) atoms. The number of H-pyrrole nitrogens is 1. The highest BCUT2D eigenvalue weighted by molar-refractivity contribution is 5.92. The minimum atomic E-state index is -1.25. The molecule has 1 aromatic heterocycles. The van der Waals surface area contributed by atoms with Crippen LogP contribution in [0.2, 0.25) is 0 Å². The van der Waals surface area contributed by atoms with E-state index in [4.69, 9.17) is 0 Å². The maximum Gasteiger partial charge on any atom is 0.282 e. The Morgan fingerprint density at radius 1 is 1.61 bits per heavy atom. The Morgan fingerprint density at radius 2 is 2.33 bits per heavy atom. The number of amides is 1. The molecule has 0 bridgehead atoms. The van der Waals surface area contributed by atoms with Gasteiger partial charge in [-0.1, -0.05) is 0 Å². The molecule has 0 saturated carbocycles. The van der Waals surface area contributed by atoms with Crippen molar-refractivity contribution in [3.63, 3.8) is 0 Å². The summed E-state index contributed by atoms with van der Waals surface area (Å²) in [6.07, 6.45) is 1.73. The van der Waals surface area contributed by atoms with Gasteiger partial charge in [-0.05, 0) is 19.4 Å². The molecule has 1 unspecified atom stereocenters. The van der Waals surface area contributed by atoms with Crippen molar-refractivity contribution in [1.82, 2.24) is 20.3 Å². The van der Waals surface area contributed by atoms with Gasteiger partial charge in [0, 0.05) is 13.0 Å². The number of rotatable bonds is 2. The van der Waals surface area contributed by atoms with Gasteiger partial charge < -0.3 is 10.0 Å². The number of nitrogens with zero attached hydrogens (tertiary/aromatic N) is 3. The molecule has 1 fully saturated rings. The van der Waals surface area contributed by atoms with E-state index in [9.17, 15) is 14.3 Å². The first-order valence-electron chi connectivity index (χ1n) is 5.65. The largest absolute Gasteiger partial charge is 0.381 e. The highest BCUT2D eigenvalue weighted by Crippen LogP contribution is 2.31. The zero-order chi connectivity index (χ0) is 13.3. The van der Waals surface area contributed by atoms with Crippen LogP contribution in [0, 0.1) is 0 Å². The average Bonchev–Trinajstić information content (AvgIpc) is 2.96. The van der Waals surface area contributed by atoms with Gasteiger partial charge in [-0.2, -0.15) is 15.4 Å². The van der Waals surface area contributed by atoms with Crippen molar-refractivity contribution in [3.05, 3.63) is 23.3 Å². The lowest BCUT2D eigenvalue weighted by Crippen LogP contribution is -2.35. The molecular formula is C11H15FN4O2. The number of allylic oxidation sites excluding steroid dienone is 1. The number of hydrogen-bond donors (Lipinski definition) is 2. The van der Waals surface area contributed by atoms with Crippen LogP contribution in [0.15, 0.2) is 17.6 Å². The van der Waals surface area contributed by atoms with Crippen LogP contribution in [0.5, 0.6) is 0 Å². The number of carbonyl (C=O) groups is 1. The normalized spacial score (nSPS) is 23.2. The second-order valence-corrected chi connectivity index (χ2v) is 4.68. The Morgan fingerprint density at radius 3 is 2.89 bits per heavy atom. The fourth-order valence-electron chi connectivity index (χ4n) is 1.95. The Hall–Kier alpha value is -1.76. The first kappa shape index (κ1) is 12.7. The van der Waals surface area contributed by atoms with E-state index in [2.05, 4.69) is 15.4 Å². The highest BCUT2D eigenvalue weighted by Gasteiger charge is 2.42. The van der Waals surface area contributed by atoms with E-state index in [0.29, 0.717) is 24.2 Å². The summed E-state index contributed by atoms with van der Waals surface area (Å²) in [6.45, 7) is 3.39.